The van der Waals surface area contributed by atoms with Crippen molar-refractivity contribution in [2.75, 3.05) is 24.2 Å². The summed E-state index contributed by atoms with van der Waals surface area (Å²) < 4.78 is 0. The summed E-state index contributed by atoms with van der Waals surface area (Å²) in [6, 6.07) is 0.516. The minimum Gasteiger partial charge on any atom is -0.348 e. The molecular weight excluding hydrogens is 292 g/mol. The molecule has 0 aromatic carbocycles. The summed E-state index contributed by atoms with van der Waals surface area (Å²) in [6.45, 7) is 2.33. The van der Waals surface area contributed by atoms with Crippen LogP contribution in [-0.4, -0.2) is 40.3 Å². The van der Waals surface area contributed by atoms with Crippen molar-refractivity contribution in [3.05, 3.63) is 0 Å². The van der Waals surface area contributed by atoms with E-state index in [0.29, 0.717) is 6.04 Å². The Bertz CT molecular complexity index is 174. The summed E-state index contributed by atoms with van der Waals surface area (Å²) >= 11 is 5.33. The molecule has 0 spiro atoms. The molecule has 0 amide bonds. The van der Waals surface area contributed by atoms with Gasteiger partial charge in [-0.15, -0.1) is 17.0 Å². The van der Waals surface area contributed by atoms with Gasteiger partial charge in [0, 0.05) is 24.2 Å². The Morgan fingerprint density at radius 2 is 2.55 bits per heavy atom. The van der Waals surface area contributed by atoms with Crippen LogP contribution in [0.15, 0.2) is 4.99 Å². The third kappa shape index (κ3) is 1.92. The summed E-state index contributed by atoms with van der Waals surface area (Å²) in [5.41, 5.74) is 0. The van der Waals surface area contributed by atoms with Crippen molar-refractivity contribution < 1.29 is 0 Å². The number of nitrogens with zero attached hydrogens (tertiary/aromatic N) is 2. The number of amidine groups is 1. The Kier molecular flexibility index (Phi) is 3.71. The molecule has 0 bridgehead atoms. The summed E-state index contributed by atoms with van der Waals surface area (Å²) in [5, 5.41) is 2.28. The SMILES string of the molecule is Br.BrCC1CN2CCSC2=N1. The van der Waals surface area contributed by atoms with Gasteiger partial charge in [-0.25, -0.2) is 0 Å². The number of rotatable bonds is 1. The molecule has 1 atom stereocenters. The molecule has 2 rings (SSSR count). The van der Waals surface area contributed by atoms with Gasteiger partial charge in [0.25, 0.3) is 0 Å². The van der Waals surface area contributed by atoms with E-state index in [-0.39, 0.29) is 17.0 Å². The van der Waals surface area contributed by atoms with E-state index in [1.54, 1.807) is 0 Å². The van der Waals surface area contributed by atoms with Crippen molar-refractivity contribution in [3.8, 4) is 0 Å². The molecule has 5 heteroatoms. The fourth-order valence-electron chi connectivity index (χ4n) is 1.26. The standard InChI is InChI=1S/C6H9BrN2S.BrH/c7-3-5-4-9-1-2-10-6(9)8-5;/h5H,1-4H2;1H. The highest BCUT2D eigenvalue weighted by Gasteiger charge is 2.28. The Labute approximate surface area is 89.7 Å². The molecule has 1 unspecified atom stereocenters. The van der Waals surface area contributed by atoms with Crippen LogP contribution in [0.25, 0.3) is 0 Å². The second-order valence-electron chi connectivity index (χ2n) is 2.51. The van der Waals surface area contributed by atoms with Crippen LogP contribution in [0.2, 0.25) is 0 Å². The summed E-state index contributed by atoms with van der Waals surface area (Å²) in [6.07, 6.45) is 0. The minimum atomic E-state index is 0. The molecule has 0 N–H and O–H groups in total. The Morgan fingerprint density at radius 3 is 3.18 bits per heavy atom. The van der Waals surface area contributed by atoms with E-state index in [0.717, 1.165) is 11.9 Å². The fourth-order valence-corrected chi connectivity index (χ4v) is 2.67. The van der Waals surface area contributed by atoms with Gasteiger partial charge in [0.15, 0.2) is 5.17 Å². The molecule has 0 aromatic rings. The second kappa shape index (κ2) is 4.14. The number of fused-ring (bicyclic) bond motifs is 1. The van der Waals surface area contributed by atoms with Gasteiger partial charge in [0.1, 0.15) is 0 Å². The first-order valence-corrected chi connectivity index (χ1v) is 5.52. The molecule has 64 valence electrons. The van der Waals surface area contributed by atoms with Gasteiger partial charge >= 0.3 is 0 Å². The van der Waals surface area contributed by atoms with Crippen molar-refractivity contribution in [3.63, 3.8) is 0 Å². The first kappa shape index (κ1) is 9.86. The lowest BCUT2D eigenvalue weighted by molar-refractivity contribution is 0.472. The van der Waals surface area contributed by atoms with Gasteiger partial charge in [-0.05, 0) is 0 Å². The van der Waals surface area contributed by atoms with Gasteiger partial charge < -0.3 is 4.90 Å². The number of halogens is 2. The molecule has 2 aliphatic rings. The molecule has 0 aliphatic carbocycles. The van der Waals surface area contributed by atoms with Crippen LogP contribution in [0, 0.1) is 0 Å². The van der Waals surface area contributed by atoms with Crippen LogP contribution in [-0.2, 0) is 0 Å². The van der Waals surface area contributed by atoms with Crippen LogP contribution < -0.4 is 0 Å². The zero-order valence-corrected chi connectivity index (χ0v) is 10.1. The maximum Gasteiger partial charge on any atom is 0.159 e. The van der Waals surface area contributed by atoms with Crippen molar-refractivity contribution in [1.82, 2.24) is 4.90 Å². The molecule has 0 radical (unpaired) electrons. The predicted octanol–water partition coefficient (Wildman–Crippen LogP) is 1.75. The van der Waals surface area contributed by atoms with E-state index in [2.05, 4.69) is 25.8 Å². The third-order valence-corrected chi connectivity index (χ3v) is 3.52. The highest BCUT2D eigenvalue weighted by atomic mass is 79.9. The number of alkyl halides is 1. The highest BCUT2D eigenvalue weighted by molar-refractivity contribution is 9.09. The molecule has 11 heavy (non-hydrogen) atoms. The maximum absolute atomic E-state index is 4.53. The highest BCUT2D eigenvalue weighted by Crippen LogP contribution is 2.24. The summed E-state index contributed by atoms with van der Waals surface area (Å²) in [7, 11) is 0. The smallest absolute Gasteiger partial charge is 0.159 e. The van der Waals surface area contributed by atoms with Gasteiger partial charge in [-0.1, -0.05) is 27.7 Å². The maximum atomic E-state index is 4.53. The minimum absolute atomic E-state index is 0. The Balaban J connectivity index is 0.000000605. The molecular formula is C6H10Br2N2S. The lowest BCUT2D eigenvalue weighted by Gasteiger charge is -2.10. The number of hydrogen-bond donors (Lipinski definition) is 0. The molecule has 1 saturated heterocycles. The van der Waals surface area contributed by atoms with Crippen LogP contribution in [0.3, 0.4) is 0 Å². The van der Waals surface area contributed by atoms with Crippen molar-refractivity contribution in [1.29, 1.82) is 0 Å². The van der Waals surface area contributed by atoms with Crippen LogP contribution in [0.5, 0.6) is 0 Å². The Hall–Kier alpha value is 0.780. The van der Waals surface area contributed by atoms with Crippen LogP contribution in [0.1, 0.15) is 0 Å². The molecule has 1 fully saturated rings. The fraction of sp³-hybridized carbons (Fsp3) is 0.833. The third-order valence-electron chi connectivity index (χ3n) is 1.77. The second-order valence-corrected chi connectivity index (χ2v) is 4.22. The van der Waals surface area contributed by atoms with E-state index in [1.165, 1.54) is 17.5 Å². The average Bonchev–Trinajstić information content (AvgIpc) is 2.42. The van der Waals surface area contributed by atoms with Gasteiger partial charge in [0.2, 0.25) is 0 Å². The summed E-state index contributed by atoms with van der Waals surface area (Å²) in [5.74, 6) is 1.23. The largest absolute Gasteiger partial charge is 0.348 e. The first-order chi connectivity index (χ1) is 4.90. The Morgan fingerprint density at radius 1 is 1.73 bits per heavy atom. The molecule has 0 aromatic heterocycles. The molecule has 0 saturated carbocycles. The summed E-state index contributed by atoms with van der Waals surface area (Å²) in [4.78, 5) is 6.90. The first-order valence-electron chi connectivity index (χ1n) is 3.41. The quantitative estimate of drug-likeness (QED) is 0.686. The van der Waals surface area contributed by atoms with Crippen molar-refractivity contribution in [2.45, 2.75) is 6.04 Å². The normalized spacial score (nSPS) is 27.9. The average molecular weight is 302 g/mol. The van der Waals surface area contributed by atoms with Gasteiger partial charge in [-0.2, -0.15) is 0 Å². The van der Waals surface area contributed by atoms with Crippen LogP contribution in [0.4, 0.5) is 0 Å². The number of hydrogen-bond acceptors (Lipinski definition) is 3. The number of aliphatic imine (C=N–C) groups is 1. The molecule has 2 aliphatic heterocycles. The van der Waals surface area contributed by atoms with E-state index in [9.17, 15) is 0 Å². The zero-order valence-electron chi connectivity index (χ0n) is 5.99. The topological polar surface area (TPSA) is 15.6 Å². The van der Waals surface area contributed by atoms with Crippen molar-refractivity contribution >= 4 is 49.8 Å². The monoisotopic (exact) mass is 300 g/mol. The predicted molar refractivity (Wildman–Crippen MR) is 59.4 cm³/mol. The van der Waals surface area contributed by atoms with E-state index < -0.39 is 0 Å². The molecule has 2 heterocycles. The van der Waals surface area contributed by atoms with Gasteiger partial charge in [-0.3, -0.25) is 4.99 Å². The van der Waals surface area contributed by atoms with Crippen molar-refractivity contribution in [2.24, 2.45) is 4.99 Å². The number of thioether (sulfide) groups is 1. The molecule has 2 nitrogen and oxygen atoms in total. The van der Waals surface area contributed by atoms with Crippen LogP contribution >= 0.6 is 44.7 Å². The zero-order chi connectivity index (χ0) is 6.97. The van der Waals surface area contributed by atoms with Gasteiger partial charge in [0.05, 0.1) is 6.04 Å². The van der Waals surface area contributed by atoms with E-state index in [4.69, 9.17) is 0 Å². The van der Waals surface area contributed by atoms with E-state index in [1.807, 2.05) is 11.8 Å². The lowest BCUT2D eigenvalue weighted by atomic mass is 10.4. The van der Waals surface area contributed by atoms with E-state index >= 15 is 0 Å². The lowest BCUT2D eigenvalue weighted by Crippen LogP contribution is -2.24.